The molecule has 0 fully saturated rings. The summed E-state index contributed by atoms with van der Waals surface area (Å²) in [5, 5.41) is 3.84. The molecule has 2 rings (SSSR count). The van der Waals surface area contributed by atoms with Crippen LogP contribution in [0.3, 0.4) is 0 Å². The molecular formula is C13H17N3O2. The number of rotatable bonds is 6. The molecule has 0 aliphatic heterocycles. The Kier molecular flexibility index (Phi) is 4.30. The third-order valence-electron chi connectivity index (χ3n) is 2.51. The summed E-state index contributed by atoms with van der Waals surface area (Å²) in [4.78, 5) is 4.22. The van der Waals surface area contributed by atoms with Crippen LogP contribution in [-0.2, 0) is 6.61 Å². The van der Waals surface area contributed by atoms with E-state index >= 15 is 0 Å². The molecule has 0 spiro atoms. The van der Waals surface area contributed by atoms with Crippen molar-refractivity contribution < 1.29 is 9.26 Å². The molecular weight excluding hydrogens is 230 g/mol. The first-order valence-corrected chi connectivity index (χ1v) is 6.05. The standard InChI is InChI=1S/C13H17N3O2/c1-2-6-11(14)13-15-12(16-18-13)9-17-10-7-4-3-5-8-10/h3-5,7-8,11H,2,6,9,14H2,1H3/t11-/m0/s1. The van der Waals surface area contributed by atoms with Gasteiger partial charge in [0.05, 0.1) is 6.04 Å². The lowest BCUT2D eigenvalue weighted by atomic mass is 10.2. The van der Waals surface area contributed by atoms with Crippen molar-refractivity contribution in [1.29, 1.82) is 0 Å². The third kappa shape index (κ3) is 3.30. The maximum Gasteiger partial charge on any atom is 0.243 e. The minimum atomic E-state index is -0.187. The van der Waals surface area contributed by atoms with Crippen molar-refractivity contribution in [2.45, 2.75) is 32.4 Å². The van der Waals surface area contributed by atoms with Crippen molar-refractivity contribution in [1.82, 2.24) is 10.1 Å². The van der Waals surface area contributed by atoms with Gasteiger partial charge >= 0.3 is 0 Å². The van der Waals surface area contributed by atoms with Crippen molar-refractivity contribution >= 4 is 0 Å². The summed E-state index contributed by atoms with van der Waals surface area (Å²) < 4.78 is 10.6. The highest BCUT2D eigenvalue weighted by Gasteiger charge is 2.13. The molecule has 0 saturated heterocycles. The van der Waals surface area contributed by atoms with Crippen LogP contribution in [0.25, 0.3) is 0 Å². The average molecular weight is 247 g/mol. The molecule has 0 aliphatic rings. The Morgan fingerprint density at radius 3 is 2.83 bits per heavy atom. The van der Waals surface area contributed by atoms with Gasteiger partial charge in [-0.2, -0.15) is 4.98 Å². The molecule has 0 radical (unpaired) electrons. The molecule has 0 aliphatic carbocycles. The minimum Gasteiger partial charge on any atom is -0.485 e. The van der Waals surface area contributed by atoms with E-state index in [0.29, 0.717) is 11.7 Å². The highest BCUT2D eigenvalue weighted by molar-refractivity contribution is 5.20. The molecule has 5 heteroatoms. The Labute approximate surface area is 106 Å². The van der Waals surface area contributed by atoms with Gasteiger partial charge in [0, 0.05) is 0 Å². The maximum atomic E-state index is 5.89. The van der Waals surface area contributed by atoms with Gasteiger partial charge in [-0.25, -0.2) is 0 Å². The Morgan fingerprint density at radius 1 is 1.33 bits per heavy atom. The van der Waals surface area contributed by atoms with Crippen LogP contribution in [0.4, 0.5) is 0 Å². The monoisotopic (exact) mass is 247 g/mol. The molecule has 0 saturated carbocycles. The summed E-state index contributed by atoms with van der Waals surface area (Å²) in [6, 6.07) is 9.33. The molecule has 1 heterocycles. The van der Waals surface area contributed by atoms with E-state index in [-0.39, 0.29) is 12.6 Å². The predicted octanol–water partition coefficient (Wildman–Crippen LogP) is 2.45. The molecule has 0 amide bonds. The van der Waals surface area contributed by atoms with Gasteiger partial charge in [0.25, 0.3) is 0 Å². The highest BCUT2D eigenvalue weighted by atomic mass is 16.5. The van der Waals surface area contributed by atoms with Crippen LogP contribution in [0.2, 0.25) is 0 Å². The minimum absolute atomic E-state index is 0.187. The predicted molar refractivity (Wildman–Crippen MR) is 66.9 cm³/mol. The molecule has 1 atom stereocenters. The van der Waals surface area contributed by atoms with Gasteiger partial charge in [-0.05, 0) is 18.6 Å². The van der Waals surface area contributed by atoms with Crippen LogP contribution in [-0.4, -0.2) is 10.1 Å². The van der Waals surface area contributed by atoms with E-state index in [1.54, 1.807) is 0 Å². The number of hydrogen-bond donors (Lipinski definition) is 1. The van der Waals surface area contributed by atoms with E-state index < -0.39 is 0 Å². The zero-order chi connectivity index (χ0) is 12.8. The molecule has 0 unspecified atom stereocenters. The summed E-state index contributed by atoms with van der Waals surface area (Å²) >= 11 is 0. The molecule has 5 nitrogen and oxygen atoms in total. The Morgan fingerprint density at radius 2 is 2.11 bits per heavy atom. The number of benzene rings is 1. The van der Waals surface area contributed by atoms with Crippen LogP contribution >= 0.6 is 0 Å². The Balaban J connectivity index is 1.91. The summed E-state index contributed by atoms with van der Waals surface area (Å²) in [6.07, 6.45) is 1.82. The molecule has 2 N–H and O–H groups in total. The Hall–Kier alpha value is -1.88. The zero-order valence-electron chi connectivity index (χ0n) is 10.4. The van der Waals surface area contributed by atoms with E-state index in [9.17, 15) is 0 Å². The van der Waals surface area contributed by atoms with E-state index in [1.165, 1.54) is 0 Å². The lowest BCUT2D eigenvalue weighted by Gasteiger charge is -2.03. The van der Waals surface area contributed by atoms with Crippen molar-refractivity contribution in [2.24, 2.45) is 5.73 Å². The fourth-order valence-corrected chi connectivity index (χ4v) is 1.58. The van der Waals surface area contributed by atoms with Crippen LogP contribution < -0.4 is 10.5 Å². The number of hydrogen-bond acceptors (Lipinski definition) is 5. The van der Waals surface area contributed by atoms with Crippen molar-refractivity contribution in [2.75, 3.05) is 0 Å². The number of ether oxygens (including phenoxy) is 1. The quantitative estimate of drug-likeness (QED) is 0.848. The lowest BCUT2D eigenvalue weighted by molar-refractivity contribution is 0.283. The zero-order valence-corrected chi connectivity index (χ0v) is 10.4. The van der Waals surface area contributed by atoms with E-state index in [0.717, 1.165) is 18.6 Å². The van der Waals surface area contributed by atoms with Gasteiger partial charge in [-0.15, -0.1) is 0 Å². The highest BCUT2D eigenvalue weighted by Crippen LogP contribution is 2.14. The van der Waals surface area contributed by atoms with Crippen molar-refractivity contribution in [3.8, 4) is 5.75 Å². The average Bonchev–Trinajstić information content (AvgIpc) is 2.87. The summed E-state index contributed by atoms with van der Waals surface area (Å²) in [5.41, 5.74) is 5.89. The second-order valence-corrected chi connectivity index (χ2v) is 4.05. The van der Waals surface area contributed by atoms with Crippen LogP contribution in [0.15, 0.2) is 34.9 Å². The van der Waals surface area contributed by atoms with Gasteiger partial charge in [-0.1, -0.05) is 36.7 Å². The lowest BCUT2D eigenvalue weighted by Crippen LogP contribution is -2.10. The van der Waals surface area contributed by atoms with Gasteiger partial charge in [0.2, 0.25) is 11.7 Å². The molecule has 1 aromatic carbocycles. The van der Waals surface area contributed by atoms with E-state index in [1.807, 2.05) is 30.3 Å². The molecule has 0 bridgehead atoms. The van der Waals surface area contributed by atoms with E-state index in [4.69, 9.17) is 15.0 Å². The fourth-order valence-electron chi connectivity index (χ4n) is 1.58. The number of nitrogens with two attached hydrogens (primary N) is 1. The third-order valence-corrected chi connectivity index (χ3v) is 2.51. The largest absolute Gasteiger partial charge is 0.485 e. The molecule has 1 aromatic heterocycles. The number of aromatic nitrogens is 2. The summed E-state index contributed by atoms with van der Waals surface area (Å²) in [6.45, 7) is 2.35. The van der Waals surface area contributed by atoms with Crippen LogP contribution in [0.1, 0.15) is 37.5 Å². The smallest absolute Gasteiger partial charge is 0.243 e. The molecule has 2 aromatic rings. The number of para-hydroxylation sites is 1. The molecule has 96 valence electrons. The Bertz CT molecular complexity index is 470. The van der Waals surface area contributed by atoms with Crippen molar-refractivity contribution in [3.63, 3.8) is 0 Å². The second kappa shape index (κ2) is 6.16. The summed E-state index contributed by atoms with van der Waals surface area (Å²) in [5.74, 6) is 1.77. The first kappa shape index (κ1) is 12.6. The fraction of sp³-hybridized carbons (Fsp3) is 0.385. The topological polar surface area (TPSA) is 74.2 Å². The van der Waals surface area contributed by atoms with Gasteiger partial charge in [0.15, 0.2) is 6.61 Å². The SMILES string of the molecule is CCC[C@H](N)c1nc(COc2ccccc2)no1. The van der Waals surface area contributed by atoms with Gasteiger partial charge in [0.1, 0.15) is 5.75 Å². The first-order valence-electron chi connectivity index (χ1n) is 6.05. The van der Waals surface area contributed by atoms with Gasteiger partial charge < -0.3 is 15.0 Å². The van der Waals surface area contributed by atoms with Crippen LogP contribution in [0.5, 0.6) is 5.75 Å². The second-order valence-electron chi connectivity index (χ2n) is 4.05. The first-order chi connectivity index (χ1) is 8.79. The van der Waals surface area contributed by atoms with E-state index in [2.05, 4.69) is 17.1 Å². The summed E-state index contributed by atoms with van der Waals surface area (Å²) in [7, 11) is 0. The molecule has 18 heavy (non-hydrogen) atoms. The number of nitrogens with zero attached hydrogens (tertiary/aromatic N) is 2. The van der Waals surface area contributed by atoms with Crippen molar-refractivity contribution in [3.05, 3.63) is 42.0 Å². The normalized spacial score (nSPS) is 12.3. The van der Waals surface area contributed by atoms with Crippen LogP contribution in [0, 0.1) is 0 Å². The maximum absolute atomic E-state index is 5.89. The van der Waals surface area contributed by atoms with Gasteiger partial charge in [-0.3, -0.25) is 0 Å².